The molecule has 0 spiro atoms. The standard InChI is InChI=1S/C20H25N5O/c1-4-15-11-18(24(3)23-15)20(26)25-9-7-14(10-13(25)2)17-12-22-19-16(17)6-5-8-21-19/h5-6,8,11-14H,4,7,9-10H2,1-3H3,(H,21,22). The number of nitrogens with zero attached hydrogens (tertiary/aromatic N) is 4. The molecule has 0 aromatic carbocycles. The Labute approximate surface area is 153 Å². The molecule has 1 aliphatic rings. The second kappa shape index (κ2) is 6.59. The summed E-state index contributed by atoms with van der Waals surface area (Å²) in [6.45, 7) is 4.97. The Morgan fingerprint density at radius 1 is 1.42 bits per heavy atom. The fourth-order valence-electron chi connectivity index (χ4n) is 4.12. The van der Waals surface area contributed by atoms with E-state index in [1.54, 1.807) is 4.68 Å². The van der Waals surface area contributed by atoms with E-state index in [9.17, 15) is 4.79 Å². The number of rotatable bonds is 3. The van der Waals surface area contributed by atoms with E-state index in [0.29, 0.717) is 11.6 Å². The maximum atomic E-state index is 13.0. The molecule has 1 aliphatic heterocycles. The molecule has 2 unspecified atom stereocenters. The van der Waals surface area contributed by atoms with Gasteiger partial charge in [0, 0.05) is 37.4 Å². The molecule has 3 aromatic rings. The van der Waals surface area contributed by atoms with Gasteiger partial charge in [-0.2, -0.15) is 5.10 Å². The number of aryl methyl sites for hydroxylation is 2. The molecule has 2 atom stereocenters. The first-order valence-electron chi connectivity index (χ1n) is 9.34. The first kappa shape index (κ1) is 16.8. The number of piperidine rings is 1. The molecule has 26 heavy (non-hydrogen) atoms. The summed E-state index contributed by atoms with van der Waals surface area (Å²) in [5, 5.41) is 5.62. The van der Waals surface area contributed by atoms with Crippen molar-refractivity contribution in [1.82, 2.24) is 24.6 Å². The zero-order valence-corrected chi connectivity index (χ0v) is 15.6. The number of fused-ring (bicyclic) bond motifs is 1. The van der Waals surface area contributed by atoms with Crippen molar-refractivity contribution in [2.24, 2.45) is 7.05 Å². The van der Waals surface area contributed by atoms with E-state index in [-0.39, 0.29) is 11.9 Å². The SMILES string of the molecule is CCc1cc(C(=O)N2CCC(c3c[nH]c4ncccc34)CC2C)n(C)n1. The van der Waals surface area contributed by atoms with Gasteiger partial charge in [-0.1, -0.05) is 6.92 Å². The Kier molecular flexibility index (Phi) is 4.26. The summed E-state index contributed by atoms with van der Waals surface area (Å²) in [6.07, 6.45) is 6.67. The number of amides is 1. The summed E-state index contributed by atoms with van der Waals surface area (Å²) in [4.78, 5) is 22.7. The fourth-order valence-corrected chi connectivity index (χ4v) is 4.12. The van der Waals surface area contributed by atoms with Crippen LogP contribution in [0.25, 0.3) is 11.0 Å². The molecule has 136 valence electrons. The first-order chi connectivity index (χ1) is 12.6. The van der Waals surface area contributed by atoms with Crippen LogP contribution < -0.4 is 0 Å². The van der Waals surface area contributed by atoms with E-state index >= 15 is 0 Å². The van der Waals surface area contributed by atoms with Crippen LogP contribution in [0.1, 0.15) is 54.4 Å². The van der Waals surface area contributed by atoms with Gasteiger partial charge >= 0.3 is 0 Å². The summed E-state index contributed by atoms with van der Waals surface area (Å²) in [7, 11) is 1.85. The average molecular weight is 351 g/mol. The predicted octanol–water partition coefficient (Wildman–Crippen LogP) is 3.27. The van der Waals surface area contributed by atoms with E-state index < -0.39 is 0 Å². The molecule has 0 radical (unpaired) electrons. The smallest absolute Gasteiger partial charge is 0.272 e. The summed E-state index contributed by atoms with van der Waals surface area (Å²) < 4.78 is 1.71. The van der Waals surface area contributed by atoms with Gasteiger partial charge in [0.15, 0.2) is 0 Å². The molecule has 1 amide bonds. The largest absolute Gasteiger partial charge is 0.346 e. The van der Waals surface area contributed by atoms with E-state index in [1.807, 2.05) is 30.3 Å². The fraction of sp³-hybridized carbons (Fsp3) is 0.450. The third kappa shape index (κ3) is 2.79. The molecule has 0 bridgehead atoms. The topological polar surface area (TPSA) is 66.8 Å². The molecule has 1 saturated heterocycles. The molecule has 6 nitrogen and oxygen atoms in total. The maximum Gasteiger partial charge on any atom is 0.272 e. The molecule has 4 rings (SSSR count). The normalized spacial score (nSPS) is 20.7. The van der Waals surface area contributed by atoms with E-state index in [0.717, 1.165) is 37.1 Å². The molecule has 3 aromatic heterocycles. The van der Waals surface area contributed by atoms with Crippen molar-refractivity contribution in [2.75, 3.05) is 6.54 Å². The van der Waals surface area contributed by atoms with Crippen LogP contribution in [0.2, 0.25) is 0 Å². The van der Waals surface area contributed by atoms with Crippen LogP contribution >= 0.6 is 0 Å². The van der Waals surface area contributed by atoms with Crippen LogP contribution in [0, 0.1) is 0 Å². The molecule has 1 fully saturated rings. The quantitative estimate of drug-likeness (QED) is 0.787. The molecule has 0 aliphatic carbocycles. The van der Waals surface area contributed by atoms with E-state index in [4.69, 9.17) is 0 Å². The Hall–Kier alpha value is -2.63. The summed E-state index contributed by atoms with van der Waals surface area (Å²) in [6, 6.07) is 6.23. The van der Waals surface area contributed by atoms with Crippen molar-refractivity contribution in [3.8, 4) is 0 Å². The highest BCUT2D eigenvalue weighted by molar-refractivity contribution is 5.93. The van der Waals surface area contributed by atoms with Gasteiger partial charge in [0.2, 0.25) is 0 Å². The molecule has 4 heterocycles. The second-order valence-corrected chi connectivity index (χ2v) is 7.21. The van der Waals surface area contributed by atoms with Gasteiger partial charge in [0.1, 0.15) is 11.3 Å². The van der Waals surface area contributed by atoms with Crippen LogP contribution in [-0.2, 0) is 13.5 Å². The zero-order valence-electron chi connectivity index (χ0n) is 15.6. The number of hydrogen-bond acceptors (Lipinski definition) is 3. The van der Waals surface area contributed by atoms with Crippen LogP contribution in [0.4, 0.5) is 0 Å². The highest BCUT2D eigenvalue weighted by Gasteiger charge is 2.32. The number of aromatic nitrogens is 4. The van der Waals surface area contributed by atoms with Crippen LogP contribution in [-0.4, -0.2) is 43.1 Å². The summed E-state index contributed by atoms with van der Waals surface area (Å²) >= 11 is 0. The molecule has 0 saturated carbocycles. The number of pyridine rings is 1. The van der Waals surface area contributed by atoms with Crippen molar-refractivity contribution < 1.29 is 4.79 Å². The van der Waals surface area contributed by atoms with Crippen molar-refractivity contribution >= 4 is 16.9 Å². The lowest BCUT2D eigenvalue weighted by Gasteiger charge is -2.37. The molecular formula is C20H25N5O. The Morgan fingerprint density at radius 3 is 3.00 bits per heavy atom. The molecule has 1 N–H and O–H groups in total. The van der Waals surface area contributed by atoms with Gasteiger partial charge in [-0.25, -0.2) is 4.98 Å². The predicted molar refractivity (Wildman–Crippen MR) is 101 cm³/mol. The van der Waals surface area contributed by atoms with Gasteiger partial charge in [0.05, 0.1) is 5.69 Å². The number of aromatic amines is 1. The Morgan fingerprint density at radius 2 is 2.27 bits per heavy atom. The first-order valence-corrected chi connectivity index (χ1v) is 9.34. The minimum Gasteiger partial charge on any atom is -0.346 e. The van der Waals surface area contributed by atoms with Gasteiger partial charge in [-0.15, -0.1) is 0 Å². The highest BCUT2D eigenvalue weighted by atomic mass is 16.2. The molecule has 6 heteroatoms. The van der Waals surface area contributed by atoms with Gasteiger partial charge in [-0.05, 0) is 55.9 Å². The second-order valence-electron chi connectivity index (χ2n) is 7.21. The Bertz CT molecular complexity index is 941. The lowest BCUT2D eigenvalue weighted by Crippen LogP contribution is -2.44. The molecular weight excluding hydrogens is 326 g/mol. The average Bonchev–Trinajstić information content (AvgIpc) is 3.24. The maximum absolute atomic E-state index is 13.0. The van der Waals surface area contributed by atoms with Gasteiger partial charge in [0.25, 0.3) is 5.91 Å². The van der Waals surface area contributed by atoms with Gasteiger partial charge < -0.3 is 9.88 Å². The number of likely N-dealkylation sites (tertiary alicyclic amines) is 1. The zero-order chi connectivity index (χ0) is 18.3. The van der Waals surface area contributed by atoms with Gasteiger partial charge in [-0.3, -0.25) is 9.48 Å². The number of H-pyrrole nitrogens is 1. The van der Waals surface area contributed by atoms with Crippen molar-refractivity contribution in [3.63, 3.8) is 0 Å². The van der Waals surface area contributed by atoms with Crippen molar-refractivity contribution in [1.29, 1.82) is 0 Å². The van der Waals surface area contributed by atoms with Crippen LogP contribution in [0.3, 0.4) is 0 Å². The Balaban J connectivity index is 1.53. The van der Waals surface area contributed by atoms with Crippen molar-refractivity contribution in [2.45, 2.75) is 45.1 Å². The third-order valence-corrected chi connectivity index (χ3v) is 5.57. The van der Waals surface area contributed by atoms with E-state index in [2.05, 4.69) is 41.2 Å². The van der Waals surface area contributed by atoms with Crippen LogP contribution in [0.5, 0.6) is 0 Å². The highest BCUT2D eigenvalue weighted by Crippen LogP contribution is 2.35. The minimum absolute atomic E-state index is 0.0891. The number of carbonyl (C=O) groups is 1. The number of carbonyl (C=O) groups excluding carboxylic acids is 1. The number of hydrogen-bond donors (Lipinski definition) is 1. The van der Waals surface area contributed by atoms with Crippen LogP contribution in [0.15, 0.2) is 30.6 Å². The van der Waals surface area contributed by atoms with E-state index in [1.165, 1.54) is 10.9 Å². The number of nitrogens with one attached hydrogen (secondary N) is 1. The minimum atomic E-state index is 0.0891. The lowest BCUT2D eigenvalue weighted by molar-refractivity contribution is 0.0605. The lowest BCUT2D eigenvalue weighted by atomic mass is 9.85. The van der Waals surface area contributed by atoms with Crippen molar-refractivity contribution in [3.05, 3.63) is 47.5 Å². The summed E-state index contributed by atoms with van der Waals surface area (Å²) in [5.74, 6) is 0.538. The monoisotopic (exact) mass is 351 g/mol. The summed E-state index contributed by atoms with van der Waals surface area (Å²) in [5.41, 5.74) is 3.91. The third-order valence-electron chi connectivity index (χ3n) is 5.57.